The number of carbonyl (C=O) groups excluding carboxylic acids is 1. The lowest BCUT2D eigenvalue weighted by atomic mass is 9.88. The van der Waals surface area contributed by atoms with Crippen LogP contribution < -0.4 is 0 Å². The molecule has 0 heterocycles. The van der Waals surface area contributed by atoms with Crippen LogP contribution in [0.1, 0.15) is 113 Å². The molecule has 0 N–H and O–H groups in total. The Morgan fingerprint density at radius 2 is 1.34 bits per heavy atom. The van der Waals surface area contributed by atoms with Crippen LogP contribution in [-0.2, 0) is 16.1 Å². The number of rotatable bonds is 17. The topological polar surface area (TPSA) is 26.3 Å². The Hall–Kier alpha value is -2.09. The van der Waals surface area contributed by atoms with Crippen LogP contribution in [0.25, 0.3) is 0 Å². The van der Waals surface area contributed by atoms with Gasteiger partial charge in [0.2, 0.25) is 0 Å². The summed E-state index contributed by atoms with van der Waals surface area (Å²) in [7, 11) is 0. The molecule has 0 aromatic heterocycles. The van der Waals surface area contributed by atoms with Crippen LogP contribution >= 0.6 is 0 Å². The summed E-state index contributed by atoms with van der Waals surface area (Å²) in [6.45, 7) is 4.79. The van der Waals surface area contributed by atoms with Crippen LogP contribution in [0.2, 0.25) is 0 Å². The van der Waals surface area contributed by atoms with E-state index >= 15 is 0 Å². The van der Waals surface area contributed by atoms with Crippen molar-refractivity contribution in [3.8, 4) is 0 Å². The van der Waals surface area contributed by atoms with Gasteiger partial charge in [-0.1, -0.05) is 125 Å². The molecule has 0 saturated heterocycles. The van der Waals surface area contributed by atoms with Crippen molar-refractivity contribution in [2.45, 2.75) is 110 Å². The highest BCUT2D eigenvalue weighted by molar-refractivity contribution is 5.69. The van der Waals surface area contributed by atoms with Crippen LogP contribution in [0.4, 0.5) is 0 Å². The van der Waals surface area contributed by atoms with Gasteiger partial charge < -0.3 is 4.74 Å². The Morgan fingerprint density at radius 3 is 2.00 bits per heavy atom. The van der Waals surface area contributed by atoms with Crippen LogP contribution in [0.5, 0.6) is 0 Å². The minimum absolute atomic E-state index is 0.0837. The van der Waals surface area contributed by atoms with Crippen molar-refractivity contribution >= 4 is 5.97 Å². The fourth-order valence-corrected chi connectivity index (χ4v) is 4.32. The van der Waals surface area contributed by atoms with Gasteiger partial charge in [-0.25, -0.2) is 0 Å². The second kappa shape index (κ2) is 16.5. The van der Waals surface area contributed by atoms with Crippen molar-refractivity contribution < 1.29 is 9.53 Å². The van der Waals surface area contributed by atoms with Gasteiger partial charge in [0.05, 0.1) is 0 Å². The van der Waals surface area contributed by atoms with E-state index < -0.39 is 0 Å². The van der Waals surface area contributed by atoms with Gasteiger partial charge in [0.25, 0.3) is 0 Å². The molecule has 0 unspecified atom stereocenters. The molecule has 0 bridgehead atoms. The SMILES string of the molecule is CCCCCCCCCCC[C@H](CCCC(=O)OCc1ccccc1)c1ccc(C)cc1. The maximum Gasteiger partial charge on any atom is 0.306 e. The van der Waals surface area contributed by atoms with Gasteiger partial charge in [0, 0.05) is 6.42 Å². The minimum atomic E-state index is -0.0837. The first-order valence-corrected chi connectivity index (χ1v) is 12.9. The van der Waals surface area contributed by atoms with Crippen LogP contribution in [0.3, 0.4) is 0 Å². The maximum atomic E-state index is 12.2. The van der Waals surface area contributed by atoms with Gasteiger partial charge in [-0.05, 0) is 43.2 Å². The summed E-state index contributed by atoms with van der Waals surface area (Å²) in [4.78, 5) is 12.2. The van der Waals surface area contributed by atoms with Gasteiger partial charge in [-0.2, -0.15) is 0 Å². The molecule has 2 heteroatoms. The van der Waals surface area contributed by atoms with Gasteiger partial charge in [0.1, 0.15) is 6.61 Å². The zero-order chi connectivity index (χ0) is 22.9. The van der Waals surface area contributed by atoms with E-state index in [0.717, 1.165) is 18.4 Å². The highest BCUT2D eigenvalue weighted by Gasteiger charge is 2.13. The van der Waals surface area contributed by atoms with Crippen LogP contribution in [0.15, 0.2) is 54.6 Å². The Bertz CT molecular complexity index is 720. The molecule has 2 aromatic rings. The number of ether oxygens (including phenoxy) is 1. The smallest absolute Gasteiger partial charge is 0.306 e. The quantitative estimate of drug-likeness (QED) is 0.183. The number of benzene rings is 2. The number of aryl methyl sites for hydroxylation is 1. The summed E-state index contributed by atoms with van der Waals surface area (Å²) in [5, 5.41) is 0. The number of esters is 1. The van der Waals surface area contributed by atoms with Crippen LogP contribution in [-0.4, -0.2) is 5.97 Å². The lowest BCUT2D eigenvalue weighted by Gasteiger charge is -2.18. The minimum Gasteiger partial charge on any atom is -0.461 e. The second-order valence-corrected chi connectivity index (χ2v) is 9.26. The summed E-state index contributed by atoms with van der Waals surface area (Å²) in [6.07, 6.45) is 15.9. The normalized spacial score (nSPS) is 11.9. The van der Waals surface area contributed by atoms with E-state index in [9.17, 15) is 4.79 Å². The highest BCUT2D eigenvalue weighted by atomic mass is 16.5. The zero-order valence-corrected chi connectivity index (χ0v) is 20.5. The molecule has 2 rings (SSSR count). The molecule has 0 aliphatic rings. The van der Waals surface area contributed by atoms with Crippen molar-refractivity contribution in [3.63, 3.8) is 0 Å². The third kappa shape index (κ3) is 11.5. The van der Waals surface area contributed by atoms with Gasteiger partial charge in [0.15, 0.2) is 0 Å². The fraction of sp³-hybridized carbons (Fsp3) is 0.567. The monoisotopic (exact) mass is 436 g/mol. The Labute approximate surface area is 196 Å². The predicted octanol–water partition coefficient (Wildman–Crippen LogP) is 8.91. The fourth-order valence-electron chi connectivity index (χ4n) is 4.32. The third-order valence-corrected chi connectivity index (χ3v) is 6.38. The average Bonchev–Trinajstić information content (AvgIpc) is 2.82. The number of unbranched alkanes of at least 4 members (excludes halogenated alkanes) is 8. The Kier molecular flexibility index (Phi) is 13.5. The van der Waals surface area contributed by atoms with Crippen molar-refractivity contribution in [1.82, 2.24) is 0 Å². The van der Waals surface area contributed by atoms with Gasteiger partial charge in [-0.15, -0.1) is 0 Å². The molecule has 176 valence electrons. The summed E-state index contributed by atoms with van der Waals surface area (Å²) in [5.74, 6) is 0.460. The molecule has 1 atom stereocenters. The zero-order valence-electron chi connectivity index (χ0n) is 20.5. The van der Waals surface area contributed by atoms with E-state index in [1.54, 1.807) is 0 Å². The van der Waals surface area contributed by atoms with Crippen LogP contribution in [0, 0.1) is 6.92 Å². The van der Waals surface area contributed by atoms with E-state index in [2.05, 4.69) is 38.1 Å². The Morgan fingerprint density at radius 1 is 0.750 bits per heavy atom. The van der Waals surface area contributed by atoms with Gasteiger partial charge >= 0.3 is 5.97 Å². The molecule has 32 heavy (non-hydrogen) atoms. The molecule has 0 radical (unpaired) electrons. The average molecular weight is 437 g/mol. The lowest BCUT2D eigenvalue weighted by molar-refractivity contribution is -0.145. The molecule has 2 aromatic carbocycles. The molecule has 0 fully saturated rings. The second-order valence-electron chi connectivity index (χ2n) is 9.26. The molecule has 0 aliphatic heterocycles. The lowest BCUT2D eigenvalue weighted by Crippen LogP contribution is -2.06. The first kappa shape index (κ1) is 26.2. The highest BCUT2D eigenvalue weighted by Crippen LogP contribution is 2.28. The summed E-state index contributed by atoms with van der Waals surface area (Å²) in [6, 6.07) is 18.9. The summed E-state index contributed by atoms with van der Waals surface area (Å²) in [5.41, 5.74) is 3.77. The standard InChI is InChI=1S/C30H44O2/c1-3-4-5-6-7-8-9-10-14-18-28(29-23-21-26(2)22-24-29)19-15-20-30(31)32-25-27-16-12-11-13-17-27/h11-13,16-17,21-24,28H,3-10,14-15,18-20,25H2,1-2H3/t28-/m1/s1. The van der Waals surface area contributed by atoms with E-state index in [1.165, 1.54) is 75.3 Å². The number of carbonyl (C=O) groups is 1. The Balaban J connectivity index is 1.69. The van der Waals surface area contributed by atoms with E-state index in [4.69, 9.17) is 4.74 Å². The van der Waals surface area contributed by atoms with E-state index in [-0.39, 0.29) is 5.97 Å². The van der Waals surface area contributed by atoms with Crippen molar-refractivity contribution in [3.05, 3.63) is 71.3 Å². The third-order valence-electron chi connectivity index (χ3n) is 6.38. The van der Waals surface area contributed by atoms with Gasteiger partial charge in [-0.3, -0.25) is 4.79 Å². The van der Waals surface area contributed by atoms with Crippen molar-refractivity contribution in [2.24, 2.45) is 0 Å². The molecule has 0 spiro atoms. The maximum absolute atomic E-state index is 12.2. The first-order valence-electron chi connectivity index (χ1n) is 12.9. The van der Waals surface area contributed by atoms with E-state index in [0.29, 0.717) is 18.9 Å². The molecular formula is C30H44O2. The summed E-state index contributed by atoms with van der Waals surface area (Å²) < 4.78 is 5.45. The molecule has 0 saturated carbocycles. The van der Waals surface area contributed by atoms with Crippen molar-refractivity contribution in [1.29, 1.82) is 0 Å². The largest absolute Gasteiger partial charge is 0.461 e. The first-order chi connectivity index (χ1) is 15.7. The predicted molar refractivity (Wildman–Crippen MR) is 136 cm³/mol. The molecular weight excluding hydrogens is 392 g/mol. The van der Waals surface area contributed by atoms with Crippen molar-refractivity contribution in [2.75, 3.05) is 0 Å². The van der Waals surface area contributed by atoms with E-state index in [1.807, 2.05) is 30.3 Å². The summed E-state index contributed by atoms with van der Waals surface area (Å²) >= 11 is 0. The molecule has 0 amide bonds. The number of hydrogen-bond donors (Lipinski definition) is 0. The molecule has 0 aliphatic carbocycles. The number of hydrogen-bond acceptors (Lipinski definition) is 2. The molecule has 2 nitrogen and oxygen atoms in total.